The van der Waals surface area contributed by atoms with Crippen molar-refractivity contribution in [3.05, 3.63) is 0 Å². The molecule has 0 spiro atoms. The summed E-state index contributed by atoms with van der Waals surface area (Å²) in [6.45, 7) is 5.38. The van der Waals surface area contributed by atoms with E-state index in [4.69, 9.17) is 5.73 Å². The van der Waals surface area contributed by atoms with Crippen LogP contribution in [0.4, 0.5) is 0 Å². The van der Waals surface area contributed by atoms with E-state index in [1.165, 1.54) is 25.7 Å². The summed E-state index contributed by atoms with van der Waals surface area (Å²) in [6, 6.07) is 0. The van der Waals surface area contributed by atoms with E-state index in [0.29, 0.717) is 5.92 Å². The molecule has 2 aliphatic rings. The number of carbonyl (C=O) groups excluding carboxylic acids is 1. The van der Waals surface area contributed by atoms with Crippen LogP contribution < -0.4 is 11.1 Å². The van der Waals surface area contributed by atoms with E-state index in [-0.39, 0.29) is 5.91 Å². The number of thioether (sulfide) groups is 1. The number of amides is 1. The highest BCUT2D eigenvalue weighted by molar-refractivity contribution is 8.00. The molecule has 3 atom stereocenters. The van der Waals surface area contributed by atoms with Crippen molar-refractivity contribution in [3.8, 4) is 0 Å². The summed E-state index contributed by atoms with van der Waals surface area (Å²) < 4.78 is 0. The van der Waals surface area contributed by atoms with Crippen molar-refractivity contribution in [2.75, 3.05) is 12.3 Å². The third-order valence-electron chi connectivity index (χ3n) is 4.84. The zero-order chi connectivity index (χ0) is 14.6. The molecule has 0 saturated heterocycles. The van der Waals surface area contributed by atoms with E-state index < -0.39 is 5.54 Å². The molecule has 0 aromatic carbocycles. The van der Waals surface area contributed by atoms with Crippen molar-refractivity contribution >= 4 is 17.7 Å². The van der Waals surface area contributed by atoms with Crippen LogP contribution in [0.15, 0.2) is 0 Å². The first-order valence-electron chi connectivity index (χ1n) is 8.25. The molecular weight excluding hydrogens is 268 g/mol. The highest BCUT2D eigenvalue weighted by atomic mass is 32.2. The maximum Gasteiger partial charge on any atom is 0.238 e. The molecule has 0 radical (unpaired) electrons. The van der Waals surface area contributed by atoms with Crippen molar-refractivity contribution in [2.24, 2.45) is 17.6 Å². The number of primary amides is 1. The van der Waals surface area contributed by atoms with E-state index in [0.717, 1.165) is 42.7 Å². The summed E-state index contributed by atoms with van der Waals surface area (Å²) in [5, 5.41) is 4.22. The van der Waals surface area contributed by atoms with Gasteiger partial charge in [-0.3, -0.25) is 4.79 Å². The summed E-state index contributed by atoms with van der Waals surface area (Å²) >= 11 is 1.99. The smallest absolute Gasteiger partial charge is 0.238 e. The topological polar surface area (TPSA) is 55.1 Å². The summed E-state index contributed by atoms with van der Waals surface area (Å²) in [6.07, 6.45) is 8.68. The molecule has 3 N–H and O–H groups in total. The van der Waals surface area contributed by atoms with Gasteiger partial charge in [-0.1, -0.05) is 26.7 Å². The predicted octanol–water partition coefficient (Wildman–Crippen LogP) is 2.93. The Kier molecular flexibility index (Phi) is 5.79. The van der Waals surface area contributed by atoms with Crippen LogP contribution in [0.2, 0.25) is 0 Å². The fourth-order valence-electron chi connectivity index (χ4n) is 3.38. The van der Waals surface area contributed by atoms with Gasteiger partial charge in [-0.25, -0.2) is 0 Å². The Hall–Kier alpha value is -0.220. The average molecular weight is 298 g/mol. The quantitative estimate of drug-likeness (QED) is 0.724. The maximum absolute atomic E-state index is 12.1. The van der Waals surface area contributed by atoms with E-state index in [1.54, 1.807) is 0 Å². The number of nitrogens with two attached hydrogens (primary N) is 1. The van der Waals surface area contributed by atoms with Gasteiger partial charge in [0, 0.05) is 11.0 Å². The molecule has 1 amide bonds. The fraction of sp³-hybridized carbons (Fsp3) is 0.938. The van der Waals surface area contributed by atoms with Gasteiger partial charge in [0.2, 0.25) is 5.91 Å². The molecule has 2 saturated carbocycles. The van der Waals surface area contributed by atoms with Crippen LogP contribution in [0.25, 0.3) is 0 Å². The lowest BCUT2D eigenvalue weighted by atomic mass is 9.90. The SMILES string of the molecule is CCCNC(CSC1CCCC(C)C1)(C(N)=O)C1CC1. The Morgan fingerprint density at radius 3 is 2.65 bits per heavy atom. The van der Waals surface area contributed by atoms with Crippen LogP contribution in [0.1, 0.15) is 58.8 Å². The second kappa shape index (κ2) is 7.17. The first kappa shape index (κ1) is 16.2. The fourth-order valence-corrected chi connectivity index (χ4v) is 5.15. The van der Waals surface area contributed by atoms with Gasteiger partial charge in [0.05, 0.1) is 0 Å². The van der Waals surface area contributed by atoms with E-state index in [2.05, 4.69) is 19.2 Å². The first-order chi connectivity index (χ1) is 9.58. The van der Waals surface area contributed by atoms with Gasteiger partial charge in [0.15, 0.2) is 0 Å². The van der Waals surface area contributed by atoms with Gasteiger partial charge in [0.1, 0.15) is 5.54 Å². The Balaban J connectivity index is 1.94. The number of carbonyl (C=O) groups is 1. The third kappa shape index (κ3) is 3.91. The highest BCUT2D eigenvalue weighted by Crippen LogP contribution is 2.43. The lowest BCUT2D eigenvalue weighted by Gasteiger charge is -2.34. The molecule has 116 valence electrons. The molecule has 2 aliphatic carbocycles. The summed E-state index contributed by atoms with van der Waals surface area (Å²) in [7, 11) is 0. The summed E-state index contributed by atoms with van der Waals surface area (Å²) in [5.74, 6) is 2.04. The van der Waals surface area contributed by atoms with Crippen molar-refractivity contribution in [1.29, 1.82) is 0 Å². The normalized spacial score (nSPS) is 29.9. The largest absolute Gasteiger partial charge is 0.368 e. The molecule has 4 heteroatoms. The molecule has 20 heavy (non-hydrogen) atoms. The number of rotatable bonds is 8. The Morgan fingerprint density at radius 1 is 1.35 bits per heavy atom. The zero-order valence-corrected chi connectivity index (χ0v) is 13.8. The van der Waals surface area contributed by atoms with Crippen molar-refractivity contribution in [3.63, 3.8) is 0 Å². The maximum atomic E-state index is 12.1. The van der Waals surface area contributed by atoms with Gasteiger partial charge in [-0.05, 0) is 50.5 Å². The number of hydrogen-bond donors (Lipinski definition) is 2. The van der Waals surface area contributed by atoms with Crippen LogP contribution in [0.5, 0.6) is 0 Å². The van der Waals surface area contributed by atoms with Crippen LogP contribution in [-0.2, 0) is 4.79 Å². The minimum atomic E-state index is -0.443. The lowest BCUT2D eigenvalue weighted by Crippen LogP contribution is -2.59. The van der Waals surface area contributed by atoms with Crippen LogP contribution in [-0.4, -0.2) is 29.0 Å². The summed E-state index contributed by atoms with van der Waals surface area (Å²) in [4.78, 5) is 12.1. The molecule has 2 fully saturated rings. The highest BCUT2D eigenvalue weighted by Gasteiger charge is 2.49. The van der Waals surface area contributed by atoms with E-state index in [9.17, 15) is 4.79 Å². The van der Waals surface area contributed by atoms with Gasteiger partial charge >= 0.3 is 0 Å². The molecule has 3 unspecified atom stereocenters. The molecule has 3 nitrogen and oxygen atoms in total. The minimum Gasteiger partial charge on any atom is -0.368 e. The molecule has 2 rings (SSSR count). The zero-order valence-electron chi connectivity index (χ0n) is 13.0. The second-order valence-corrected chi connectivity index (χ2v) is 8.03. The second-order valence-electron chi connectivity index (χ2n) is 6.74. The number of hydrogen-bond acceptors (Lipinski definition) is 3. The van der Waals surface area contributed by atoms with E-state index in [1.807, 2.05) is 11.8 Å². The Morgan fingerprint density at radius 2 is 2.10 bits per heavy atom. The van der Waals surface area contributed by atoms with Gasteiger partial charge in [-0.2, -0.15) is 11.8 Å². The Labute approximate surface area is 127 Å². The average Bonchev–Trinajstić information content (AvgIpc) is 3.24. The number of nitrogens with one attached hydrogen (secondary N) is 1. The molecule has 0 bridgehead atoms. The van der Waals surface area contributed by atoms with Gasteiger partial charge in [0.25, 0.3) is 0 Å². The Bertz CT molecular complexity index is 332. The van der Waals surface area contributed by atoms with Crippen LogP contribution in [0, 0.1) is 11.8 Å². The predicted molar refractivity (Wildman–Crippen MR) is 86.8 cm³/mol. The minimum absolute atomic E-state index is 0.134. The van der Waals surface area contributed by atoms with Crippen LogP contribution in [0.3, 0.4) is 0 Å². The lowest BCUT2D eigenvalue weighted by molar-refractivity contribution is -0.124. The first-order valence-corrected chi connectivity index (χ1v) is 9.30. The van der Waals surface area contributed by atoms with E-state index >= 15 is 0 Å². The van der Waals surface area contributed by atoms with Crippen molar-refractivity contribution in [1.82, 2.24) is 5.32 Å². The molecular formula is C16H30N2OS. The van der Waals surface area contributed by atoms with Crippen LogP contribution >= 0.6 is 11.8 Å². The molecule has 0 heterocycles. The van der Waals surface area contributed by atoms with Crippen molar-refractivity contribution in [2.45, 2.75) is 69.6 Å². The van der Waals surface area contributed by atoms with Gasteiger partial charge in [-0.15, -0.1) is 0 Å². The molecule has 0 aliphatic heterocycles. The van der Waals surface area contributed by atoms with Crippen molar-refractivity contribution < 1.29 is 4.79 Å². The standard InChI is InChI=1S/C16H30N2OS/c1-3-9-18-16(15(17)19,13-7-8-13)11-20-14-6-4-5-12(2)10-14/h12-14,18H,3-11H2,1-2H3,(H2,17,19). The molecule has 0 aromatic rings. The monoisotopic (exact) mass is 298 g/mol. The van der Waals surface area contributed by atoms with Gasteiger partial charge < -0.3 is 11.1 Å². The third-order valence-corrected chi connectivity index (χ3v) is 6.36. The molecule has 0 aromatic heterocycles. The summed E-state index contributed by atoms with van der Waals surface area (Å²) in [5.41, 5.74) is 5.34.